The van der Waals surface area contributed by atoms with E-state index in [1.54, 1.807) is 0 Å². The summed E-state index contributed by atoms with van der Waals surface area (Å²) in [5.74, 6) is -2.33. The van der Waals surface area contributed by atoms with Gasteiger partial charge < -0.3 is 15.2 Å². The molecule has 22 heavy (non-hydrogen) atoms. The van der Waals surface area contributed by atoms with Crippen LogP contribution in [-0.4, -0.2) is 57.0 Å². The highest BCUT2D eigenvalue weighted by Crippen LogP contribution is 2.23. The Morgan fingerprint density at radius 1 is 1.27 bits per heavy atom. The predicted molar refractivity (Wildman–Crippen MR) is 79.8 cm³/mol. The highest BCUT2D eigenvalue weighted by Gasteiger charge is 2.27. The third-order valence-corrected chi connectivity index (χ3v) is 4.98. The molecule has 128 valence electrons. The first kappa shape index (κ1) is 18.9. The molecule has 8 nitrogen and oxygen atoms in total. The Labute approximate surface area is 130 Å². The van der Waals surface area contributed by atoms with Gasteiger partial charge in [-0.25, -0.2) is 17.9 Å². The maximum atomic E-state index is 11.9. The third-order valence-electron chi connectivity index (χ3n) is 3.65. The number of hydrogen-bond acceptors (Lipinski definition) is 5. The van der Waals surface area contributed by atoms with E-state index >= 15 is 0 Å². The molecule has 0 radical (unpaired) electrons. The van der Waals surface area contributed by atoms with Crippen LogP contribution in [0.3, 0.4) is 0 Å². The fourth-order valence-electron chi connectivity index (χ4n) is 2.42. The molecule has 1 unspecified atom stereocenters. The van der Waals surface area contributed by atoms with Crippen molar-refractivity contribution in [3.8, 4) is 0 Å². The van der Waals surface area contributed by atoms with Crippen LogP contribution in [0.1, 0.15) is 32.6 Å². The summed E-state index contributed by atoms with van der Waals surface area (Å²) in [6.45, 7) is 1.90. The Balaban J connectivity index is 2.49. The Bertz CT molecular complexity index is 485. The molecule has 0 bridgehead atoms. The van der Waals surface area contributed by atoms with Gasteiger partial charge in [0.2, 0.25) is 15.9 Å². The third kappa shape index (κ3) is 6.71. The van der Waals surface area contributed by atoms with Crippen LogP contribution in [0, 0.1) is 5.92 Å². The summed E-state index contributed by atoms with van der Waals surface area (Å²) in [4.78, 5) is 22.6. The lowest BCUT2D eigenvalue weighted by Gasteiger charge is -2.26. The van der Waals surface area contributed by atoms with Gasteiger partial charge in [0, 0.05) is 13.2 Å². The van der Waals surface area contributed by atoms with Gasteiger partial charge in [0.15, 0.2) is 6.04 Å². The average Bonchev–Trinajstić information content (AvgIpc) is 2.39. The Hall–Kier alpha value is -1.19. The van der Waals surface area contributed by atoms with Crippen molar-refractivity contribution in [3.63, 3.8) is 0 Å². The van der Waals surface area contributed by atoms with E-state index in [-0.39, 0.29) is 12.6 Å². The largest absolute Gasteiger partial charge is 0.480 e. The zero-order valence-corrected chi connectivity index (χ0v) is 13.7. The fourth-order valence-corrected chi connectivity index (χ4v) is 3.68. The van der Waals surface area contributed by atoms with Crippen LogP contribution < -0.4 is 10.0 Å². The molecular formula is C13H24N2O6S. The minimum Gasteiger partial charge on any atom is -0.480 e. The zero-order valence-electron chi connectivity index (χ0n) is 12.9. The van der Waals surface area contributed by atoms with Gasteiger partial charge in [-0.2, -0.15) is 0 Å². The molecule has 3 N–H and O–H groups in total. The monoisotopic (exact) mass is 336 g/mol. The van der Waals surface area contributed by atoms with Crippen LogP contribution in [0.4, 0.5) is 0 Å². The second-order valence-electron chi connectivity index (χ2n) is 5.75. The number of aliphatic carboxylic acids is 1. The molecular weight excluding hydrogens is 312 g/mol. The van der Waals surface area contributed by atoms with E-state index < -0.39 is 33.7 Å². The normalized spacial score (nSPS) is 23.7. The lowest BCUT2D eigenvalue weighted by molar-refractivity contribution is -0.143. The summed E-state index contributed by atoms with van der Waals surface area (Å²) in [6, 6.07) is -1.41. The van der Waals surface area contributed by atoms with Crippen molar-refractivity contribution in [2.24, 2.45) is 5.92 Å². The number of carbonyl (C=O) groups is 2. The number of nitrogens with one attached hydrogen (secondary N) is 2. The molecule has 1 aliphatic carbocycles. The minimum absolute atomic E-state index is 0.150. The zero-order chi connectivity index (χ0) is 16.8. The summed E-state index contributed by atoms with van der Waals surface area (Å²) in [6.07, 6.45) is 3.41. The first-order chi connectivity index (χ1) is 10.2. The van der Waals surface area contributed by atoms with E-state index in [1.807, 2.05) is 0 Å². The van der Waals surface area contributed by atoms with Gasteiger partial charge in [-0.05, 0) is 31.6 Å². The number of rotatable bonds is 8. The predicted octanol–water partition coefficient (Wildman–Crippen LogP) is -0.300. The summed E-state index contributed by atoms with van der Waals surface area (Å²) in [5.41, 5.74) is 0. The fraction of sp³-hybridized carbons (Fsp3) is 0.846. The molecule has 1 atom stereocenters. The van der Waals surface area contributed by atoms with Gasteiger partial charge in [-0.3, -0.25) is 4.79 Å². The van der Waals surface area contributed by atoms with E-state index in [2.05, 4.69) is 21.7 Å². The van der Waals surface area contributed by atoms with Crippen LogP contribution >= 0.6 is 0 Å². The van der Waals surface area contributed by atoms with Crippen LogP contribution in [-0.2, 0) is 24.3 Å². The van der Waals surface area contributed by atoms with Gasteiger partial charge in [-0.1, -0.05) is 6.92 Å². The van der Waals surface area contributed by atoms with E-state index in [1.165, 1.54) is 7.11 Å². The lowest BCUT2D eigenvalue weighted by Crippen LogP contribution is -2.48. The Kier molecular flexibility index (Phi) is 7.24. The van der Waals surface area contributed by atoms with Gasteiger partial charge in [0.25, 0.3) is 0 Å². The number of ether oxygens (including phenoxy) is 1. The molecule has 0 aromatic carbocycles. The number of carboxylic acid groups (broad SMARTS) is 1. The minimum atomic E-state index is -3.78. The number of hydrogen-bond donors (Lipinski definition) is 3. The topological polar surface area (TPSA) is 122 Å². The van der Waals surface area contributed by atoms with Crippen molar-refractivity contribution in [1.29, 1.82) is 0 Å². The van der Waals surface area contributed by atoms with E-state index in [0.29, 0.717) is 5.92 Å². The van der Waals surface area contributed by atoms with Crippen molar-refractivity contribution in [3.05, 3.63) is 0 Å². The van der Waals surface area contributed by atoms with Gasteiger partial charge in [-0.15, -0.1) is 0 Å². The van der Waals surface area contributed by atoms with Crippen molar-refractivity contribution in [2.45, 2.75) is 44.7 Å². The molecule has 0 aliphatic heterocycles. The molecule has 1 saturated carbocycles. The van der Waals surface area contributed by atoms with Gasteiger partial charge >= 0.3 is 5.97 Å². The Morgan fingerprint density at radius 3 is 2.36 bits per heavy atom. The number of sulfonamides is 1. The van der Waals surface area contributed by atoms with Gasteiger partial charge in [0.1, 0.15) is 5.75 Å². The Morgan fingerprint density at radius 2 is 1.86 bits per heavy atom. The molecule has 0 heterocycles. The summed E-state index contributed by atoms with van der Waals surface area (Å²) in [7, 11) is -2.48. The van der Waals surface area contributed by atoms with E-state index in [9.17, 15) is 18.0 Å². The second-order valence-corrected chi connectivity index (χ2v) is 7.50. The average molecular weight is 336 g/mol. The summed E-state index contributed by atoms with van der Waals surface area (Å²) < 4.78 is 31.1. The van der Waals surface area contributed by atoms with Gasteiger partial charge in [0.05, 0.1) is 6.61 Å². The van der Waals surface area contributed by atoms with Crippen molar-refractivity contribution < 1.29 is 27.9 Å². The molecule has 1 amide bonds. The van der Waals surface area contributed by atoms with Crippen LogP contribution in [0.25, 0.3) is 0 Å². The smallest absolute Gasteiger partial charge is 0.328 e. The standard InChI is InChI=1S/C13H24N2O6S/c1-9-3-5-10(6-4-9)15-22(19,20)8-12(16)14-11(7-21-2)13(17)18/h9-11,15H,3-8H2,1-2H3,(H,14,16)(H,17,18). The molecule has 9 heteroatoms. The molecule has 1 rings (SSSR count). The van der Waals surface area contributed by atoms with Crippen LogP contribution in [0.15, 0.2) is 0 Å². The molecule has 1 fully saturated rings. The maximum Gasteiger partial charge on any atom is 0.328 e. The SMILES string of the molecule is COCC(NC(=O)CS(=O)(=O)NC1CCC(C)CC1)C(=O)O. The number of carbonyl (C=O) groups excluding carboxylic acids is 1. The quantitative estimate of drug-likeness (QED) is 0.559. The molecule has 0 saturated heterocycles. The highest BCUT2D eigenvalue weighted by molar-refractivity contribution is 7.90. The van der Waals surface area contributed by atoms with Crippen molar-refractivity contribution in [2.75, 3.05) is 19.5 Å². The number of methoxy groups -OCH3 is 1. The molecule has 0 aromatic rings. The summed E-state index contributed by atoms with van der Waals surface area (Å²) >= 11 is 0. The number of amides is 1. The van der Waals surface area contributed by atoms with Crippen LogP contribution in [0.2, 0.25) is 0 Å². The highest BCUT2D eigenvalue weighted by atomic mass is 32.2. The van der Waals surface area contributed by atoms with Crippen molar-refractivity contribution in [1.82, 2.24) is 10.0 Å². The molecule has 0 spiro atoms. The lowest BCUT2D eigenvalue weighted by atomic mass is 9.88. The first-order valence-corrected chi connectivity index (χ1v) is 8.90. The van der Waals surface area contributed by atoms with Crippen molar-refractivity contribution >= 4 is 21.9 Å². The second kappa shape index (κ2) is 8.44. The molecule has 0 aromatic heterocycles. The van der Waals surface area contributed by atoms with Crippen LogP contribution in [0.5, 0.6) is 0 Å². The van der Waals surface area contributed by atoms with E-state index in [4.69, 9.17) is 5.11 Å². The van der Waals surface area contributed by atoms with E-state index in [0.717, 1.165) is 25.7 Å². The number of carboxylic acids is 1. The first-order valence-electron chi connectivity index (χ1n) is 7.24. The summed E-state index contributed by atoms with van der Waals surface area (Å²) in [5, 5.41) is 11.0. The molecule has 1 aliphatic rings. The maximum absolute atomic E-state index is 11.9.